The van der Waals surface area contributed by atoms with Crippen molar-refractivity contribution in [3.8, 4) is 0 Å². The standard InChI is InChI=1S/C7H10F3NO3/c8-7(9,10)6(14-5(11)12)2-1-3-13-4-6/h1-4H2,(H2,11,12)/t6-/m1/s1. The Morgan fingerprint density at radius 3 is 2.50 bits per heavy atom. The third-order valence-electron chi connectivity index (χ3n) is 2.02. The fourth-order valence-corrected chi connectivity index (χ4v) is 1.32. The number of hydrogen-bond acceptors (Lipinski definition) is 3. The summed E-state index contributed by atoms with van der Waals surface area (Å²) in [4.78, 5) is 10.4. The zero-order valence-corrected chi connectivity index (χ0v) is 7.26. The van der Waals surface area contributed by atoms with Gasteiger partial charge in [0.1, 0.15) is 0 Å². The average molecular weight is 213 g/mol. The molecule has 1 saturated heterocycles. The van der Waals surface area contributed by atoms with E-state index in [4.69, 9.17) is 0 Å². The monoisotopic (exact) mass is 213 g/mol. The van der Waals surface area contributed by atoms with Crippen LogP contribution in [0.1, 0.15) is 12.8 Å². The van der Waals surface area contributed by atoms with Gasteiger partial charge in [0.25, 0.3) is 0 Å². The lowest BCUT2D eigenvalue weighted by molar-refractivity contribution is -0.284. The van der Waals surface area contributed by atoms with E-state index in [9.17, 15) is 18.0 Å². The average Bonchev–Trinajstić information content (AvgIpc) is 2.02. The molecule has 1 aliphatic rings. The number of primary amides is 1. The molecule has 82 valence electrons. The lowest BCUT2D eigenvalue weighted by Crippen LogP contribution is -2.55. The summed E-state index contributed by atoms with van der Waals surface area (Å²) in [5, 5.41) is 0. The van der Waals surface area contributed by atoms with Crippen molar-refractivity contribution in [2.45, 2.75) is 24.6 Å². The molecule has 0 unspecified atom stereocenters. The number of hydrogen-bond donors (Lipinski definition) is 1. The van der Waals surface area contributed by atoms with E-state index in [1.54, 1.807) is 0 Å². The molecule has 1 heterocycles. The second-order valence-corrected chi connectivity index (χ2v) is 3.07. The number of carbonyl (C=O) groups is 1. The van der Waals surface area contributed by atoms with Crippen LogP contribution in [0.4, 0.5) is 18.0 Å². The second kappa shape index (κ2) is 3.64. The minimum absolute atomic E-state index is 0.187. The molecule has 0 saturated carbocycles. The van der Waals surface area contributed by atoms with Crippen molar-refractivity contribution in [3.63, 3.8) is 0 Å². The Bertz CT molecular complexity index is 223. The van der Waals surface area contributed by atoms with Crippen LogP contribution in [0.3, 0.4) is 0 Å². The molecule has 1 fully saturated rings. The Kier molecular flexibility index (Phi) is 2.89. The first-order chi connectivity index (χ1) is 6.37. The summed E-state index contributed by atoms with van der Waals surface area (Å²) in [5.74, 6) is 0. The molecule has 0 spiro atoms. The molecule has 0 aromatic carbocycles. The Morgan fingerprint density at radius 2 is 2.14 bits per heavy atom. The number of carbonyl (C=O) groups excluding carboxylic acids is 1. The lowest BCUT2D eigenvalue weighted by atomic mass is 9.96. The molecule has 14 heavy (non-hydrogen) atoms. The summed E-state index contributed by atoms with van der Waals surface area (Å²) in [5.41, 5.74) is 2.03. The number of nitrogens with two attached hydrogens (primary N) is 1. The molecule has 0 bridgehead atoms. The zero-order valence-electron chi connectivity index (χ0n) is 7.26. The predicted octanol–water partition coefficient (Wildman–Crippen LogP) is 1.19. The van der Waals surface area contributed by atoms with E-state index < -0.39 is 24.5 Å². The van der Waals surface area contributed by atoms with E-state index in [2.05, 4.69) is 15.2 Å². The molecule has 4 nitrogen and oxygen atoms in total. The molecule has 0 aliphatic carbocycles. The highest BCUT2D eigenvalue weighted by Gasteiger charge is 2.59. The second-order valence-electron chi connectivity index (χ2n) is 3.07. The van der Waals surface area contributed by atoms with Crippen LogP contribution in [-0.2, 0) is 9.47 Å². The van der Waals surface area contributed by atoms with Crippen LogP contribution in [-0.4, -0.2) is 31.1 Å². The van der Waals surface area contributed by atoms with Crippen molar-refractivity contribution in [1.82, 2.24) is 0 Å². The van der Waals surface area contributed by atoms with Gasteiger partial charge in [-0.1, -0.05) is 0 Å². The minimum Gasteiger partial charge on any atom is -0.431 e. The van der Waals surface area contributed by atoms with Gasteiger partial charge < -0.3 is 15.2 Å². The Labute approximate surface area is 78.1 Å². The summed E-state index contributed by atoms with van der Waals surface area (Å²) < 4.78 is 46.4. The van der Waals surface area contributed by atoms with Gasteiger partial charge in [0, 0.05) is 13.0 Å². The van der Waals surface area contributed by atoms with Gasteiger partial charge in [0.2, 0.25) is 5.60 Å². The van der Waals surface area contributed by atoms with Crippen LogP contribution >= 0.6 is 0 Å². The SMILES string of the molecule is NC(=O)O[C@]1(C(F)(F)F)CCCOC1. The summed E-state index contributed by atoms with van der Waals surface area (Å²) in [6.07, 6.45) is -6.21. The third kappa shape index (κ3) is 2.09. The summed E-state index contributed by atoms with van der Waals surface area (Å²) >= 11 is 0. The van der Waals surface area contributed by atoms with E-state index in [1.165, 1.54) is 0 Å². The maximum Gasteiger partial charge on any atom is 0.430 e. The number of alkyl halides is 3. The summed E-state index contributed by atoms with van der Waals surface area (Å²) in [6.45, 7) is -0.445. The lowest BCUT2D eigenvalue weighted by Gasteiger charge is -2.36. The van der Waals surface area contributed by atoms with Crippen LogP contribution in [0.5, 0.6) is 0 Å². The molecular formula is C7H10F3NO3. The largest absolute Gasteiger partial charge is 0.431 e. The first-order valence-corrected chi connectivity index (χ1v) is 4.00. The molecule has 1 amide bonds. The van der Waals surface area contributed by atoms with Gasteiger partial charge in [-0.2, -0.15) is 13.2 Å². The minimum atomic E-state index is -4.65. The fourth-order valence-electron chi connectivity index (χ4n) is 1.32. The van der Waals surface area contributed by atoms with E-state index in [0.717, 1.165) is 0 Å². The van der Waals surface area contributed by atoms with Gasteiger partial charge in [0.05, 0.1) is 6.61 Å². The molecule has 0 aromatic heterocycles. The highest BCUT2D eigenvalue weighted by Crippen LogP contribution is 2.39. The van der Waals surface area contributed by atoms with Gasteiger partial charge in [-0.15, -0.1) is 0 Å². The number of rotatable bonds is 1. The van der Waals surface area contributed by atoms with Crippen LogP contribution < -0.4 is 5.73 Å². The third-order valence-corrected chi connectivity index (χ3v) is 2.02. The predicted molar refractivity (Wildman–Crippen MR) is 39.5 cm³/mol. The molecule has 1 atom stereocenters. The van der Waals surface area contributed by atoms with Crippen molar-refractivity contribution < 1.29 is 27.4 Å². The molecule has 2 N–H and O–H groups in total. The van der Waals surface area contributed by atoms with E-state index in [-0.39, 0.29) is 19.4 Å². The smallest absolute Gasteiger partial charge is 0.430 e. The first kappa shape index (κ1) is 11.1. The van der Waals surface area contributed by atoms with Crippen molar-refractivity contribution in [1.29, 1.82) is 0 Å². The molecule has 0 radical (unpaired) electrons. The van der Waals surface area contributed by atoms with E-state index in [1.807, 2.05) is 0 Å². The van der Waals surface area contributed by atoms with Crippen LogP contribution in [0.25, 0.3) is 0 Å². The molecule has 0 aromatic rings. The quantitative estimate of drug-likeness (QED) is 0.711. The highest BCUT2D eigenvalue weighted by molar-refractivity contribution is 5.65. The van der Waals surface area contributed by atoms with Gasteiger partial charge in [-0.3, -0.25) is 0 Å². The van der Waals surface area contributed by atoms with Gasteiger partial charge in [-0.05, 0) is 6.42 Å². The Hall–Kier alpha value is -0.980. The number of ether oxygens (including phenoxy) is 2. The van der Waals surface area contributed by atoms with E-state index >= 15 is 0 Å². The van der Waals surface area contributed by atoms with Crippen LogP contribution in [0, 0.1) is 0 Å². The molecular weight excluding hydrogens is 203 g/mol. The fraction of sp³-hybridized carbons (Fsp3) is 0.857. The normalized spacial score (nSPS) is 28.5. The van der Waals surface area contributed by atoms with Crippen LogP contribution in [0.15, 0.2) is 0 Å². The van der Waals surface area contributed by atoms with Crippen molar-refractivity contribution in [2.24, 2.45) is 5.73 Å². The Morgan fingerprint density at radius 1 is 1.50 bits per heavy atom. The molecule has 1 aliphatic heterocycles. The maximum atomic E-state index is 12.5. The molecule has 1 rings (SSSR count). The van der Waals surface area contributed by atoms with Crippen molar-refractivity contribution in [3.05, 3.63) is 0 Å². The summed E-state index contributed by atoms with van der Waals surface area (Å²) in [7, 11) is 0. The number of amides is 1. The van der Waals surface area contributed by atoms with Crippen molar-refractivity contribution >= 4 is 6.09 Å². The van der Waals surface area contributed by atoms with Gasteiger partial charge in [-0.25, -0.2) is 4.79 Å². The summed E-state index contributed by atoms with van der Waals surface area (Å²) in [6, 6.07) is 0. The number of halogens is 3. The topological polar surface area (TPSA) is 61.6 Å². The van der Waals surface area contributed by atoms with Crippen LogP contribution in [0.2, 0.25) is 0 Å². The van der Waals surface area contributed by atoms with Gasteiger partial charge in [0.15, 0.2) is 0 Å². The van der Waals surface area contributed by atoms with E-state index in [0.29, 0.717) is 0 Å². The van der Waals surface area contributed by atoms with Crippen molar-refractivity contribution in [2.75, 3.05) is 13.2 Å². The zero-order chi connectivity index (χ0) is 10.8. The first-order valence-electron chi connectivity index (χ1n) is 4.00. The highest BCUT2D eigenvalue weighted by atomic mass is 19.4. The molecule has 7 heteroatoms. The Balaban J connectivity index is 2.83. The van der Waals surface area contributed by atoms with Gasteiger partial charge >= 0.3 is 12.3 Å². The maximum absolute atomic E-state index is 12.5.